The molecule has 1 saturated carbocycles. The maximum Gasteiger partial charge on any atom is 0.339 e. The molecule has 4 heteroatoms. The van der Waals surface area contributed by atoms with Crippen LogP contribution >= 0.6 is 15.9 Å². The molecule has 1 aromatic carbocycles. The van der Waals surface area contributed by atoms with E-state index in [1.807, 2.05) is 0 Å². The van der Waals surface area contributed by atoms with E-state index in [9.17, 15) is 4.79 Å². The molecule has 0 radical (unpaired) electrons. The summed E-state index contributed by atoms with van der Waals surface area (Å²) in [5, 5.41) is 0. The molecule has 0 atom stereocenters. The third-order valence-corrected chi connectivity index (χ3v) is 4.08. The van der Waals surface area contributed by atoms with E-state index >= 15 is 0 Å². The molecule has 1 aliphatic rings. The van der Waals surface area contributed by atoms with Crippen LogP contribution in [0.5, 0.6) is 0 Å². The Bertz CT molecular complexity index is 428. The zero-order valence-electron chi connectivity index (χ0n) is 10.3. The van der Waals surface area contributed by atoms with Crippen LogP contribution < -0.4 is 5.73 Å². The van der Waals surface area contributed by atoms with Gasteiger partial charge >= 0.3 is 5.97 Å². The van der Waals surface area contributed by atoms with Gasteiger partial charge in [0.05, 0.1) is 12.2 Å². The predicted octanol–water partition coefficient (Wildman–Crippen LogP) is 3.77. The number of benzene rings is 1. The zero-order chi connectivity index (χ0) is 13.0. The summed E-state index contributed by atoms with van der Waals surface area (Å²) in [4.78, 5) is 12.0. The van der Waals surface area contributed by atoms with Crippen molar-refractivity contribution in [2.75, 3.05) is 12.3 Å². The third kappa shape index (κ3) is 3.48. The quantitative estimate of drug-likeness (QED) is 0.683. The Balaban J connectivity index is 1.92. The lowest BCUT2D eigenvalue weighted by molar-refractivity contribution is 0.0409. The van der Waals surface area contributed by atoms with Gasteiger partial charge in [-0.25, -0.2) is 4.79 Å². The second kappa shape index (κ2) is 6.23. The fourth-order valence-corrected chi connectivity index (χ4v) is 2.73. The Labute approximate surface area is 116 Å². The maximum absolute atomic E-state index is 12.0. The Hall–Kier alpha value is -1.03. The number of carbonyl (C=O) groups is 1. The highest BCUT2D eigenvalue weighted by Gasteiger charge is 2.17. The summed E-state index contributed by atoms with van der Waals surface area (Å²) in [7, 11) is 0. The lowest BCUT2D eigenvalue weighted by atomic mass is 9.90. The molecule has 0 heterocycles. The Kier molecular flexibility index (Phi) is 4.64. The molecule has 2 rings (SSSR count). The van der Waals surface area contributed by atoms with Crippen molar-refractivity contribution in [2.45, 2.75) is 32.1 Å². The average molecular weight is 312 g/mol. The SMILES string of the molecule is Nc1ccc(Br)c(C(=O)OCC2CCCCC2)c1. The molecule has 2 N–H and O–H groups in total. The number of rotatable bonds is 3. The van der Waals surface area contributed by atoms with Crippen molar-refractivity contribution in [1.29, 1.82) is 0 Å². The van der Waals surface area contributed by atoms with Crippen LogP contribution in [-0.4, -0.2) is 12.6 Å². The van der Waals surface area contributed by atoms with Crippen LogP contribution in [0.4, 0.5) is 5.69 Å². The Morgan fingerprint density at radius 1 is 1.33 bits per heavy atom. The van der Waals surface area contributed by atoms with Gasteiger partial charge in [0.2, 0.25) is 0 Å². The Morgan fingerprint density at radius 2 is 2.06 bits per heavy atom. The molecule has 1 fully saturated rings. The van der Waals surface area contributed by atoms with Gasteiger partial charge in [-0.15, -0.1) is 0 Å². The van der Waals surface area contributed by atoms with Gasteiger partial charge < -0.3 is 10.5 Å². The highest BCUT2D eigenvalue weighted by atomic mass is 79.9. The number of esters is 1. The van der Waals surface area contributed by atoms with Crippen molar-refractivity contribution in [3.05, 3.63) is 28.2 Å². The monoisotopic (exact) mass is 311 g/mol. The minimum atomic E-state index is -0.292. The van der Waals surface area contributed by atoms with Crippen LogP contribution in [0.3, 0.4) is 0 Å². The minimum absolute atomic E-state index is 0.292. The molecule has 0 unspecified atom stereocenters. The van der Waals surface area contributed by atoms with Gasteiger partial charge in [0.25, 0.3) is 0 Å². The van der Waals surface area contributed by atoms with Gasteiger partial charge in [-0.05, 0) is 52.9 Å². The fourth-order valence-electron chi connectivity index (χ4n) is 2.32. The van der Waals surface area contributed by atoms with Gasteiger partial charge in [-0.3, -0.25) is 0 Å². The van der Waals surface area contributed by atoms with Gasteiger partial charge in [0.15, 0.2) is 0 Å². The number of anilines is 1. The second-order valence-electron chi connectivity index (χ2n) is 4.84. The first kappa shape index (κ1) is 13.4. The van der Waals surface area contributed by atoms with Crippen molar-refractivity contribution in [1.82, 2.24) is 0 Å². The van der Waals surface area contributed by atoms with Crippen LogP contribution in [0.15, 0.2) is 22.7 Å². The average Bonchev–Trinajstić information content (AvgIpc) is 2.40. The number of nitrogen functional groups attached to an aromatic ring is 1. The van der Waals surface area contributed by atoms with Crippen LogP contribution in [0, 0.1) is 5.92 Å². The molecule has 3 nitrogen and oxygen atoms in total. The molecular weight excluding hydrogens is 294 g/mol. The molecule has 98 valence electrons. The largest absolute Gasteiger partial charge is 0.462 e. The van der Waals surface area contributed by atoms with Gasteiger partial charge in [-0.1, -0.05) is 19.3 Å². The number of hydrogen-bond acceptors (Lipinski definition) is 3. The lowest BCUT2D eigenvalue weighted by Crippen LogP contribution is -2.17. The van der Waals surface area contributed by atoms with Gasteiger partial charge in [0.1, 0.15) is 0 Å². The molecular formula is C14H18BrNO2. The summed E-state index contributed by atoms with van der Waals surface area (Å²) in [5.74, 6) is 0.238. The number of nitrogens with two attached hydrogens (primary N) is 1. The first-order valence-corrected chi connectivity index (χ1v) is 7.18. The van der Waals surface area contributed by atoms with Crippen LogP contribution in [-0.2, 0) is 4.74 Å². The molecule has 0 amide bonds. The molecule has 1 aromatic rings. The standard InChI is InChI=1S/C14H18BrNO2/c15-13-7-6-11(16)8-12(13)14(17)18-9-10-4-2-1-3-5-10/h6-8,10H,1-5,9,16H2. The van der Waals surface area contributed by atoms with Crippen molar-refractivity contribution in [3.63, 3.8) is 0 Å². The van der Waals surface area contributed by atoms with Crippen molar-refractivity contribution < 1.29 is 9.53 Å². The van der Waals surface area contributed by atoms with E-state index in [0.29, 0.717) is 23.8 Å². The van der Waals surface area contributed by atoms with E-state index in [1.165, 1.54) is 32.1 Å². The summed E-state index contributed by atoms with van der Waals surface area (Å²) in [5.41, 5.74) is 6.75. The molecule has 1 aliphatic carbocycles. The molecule has 0 aliphatic heterocycles. The fraction of sp³-hybridized carbons (Fsp3) is 0.500. The number of halogens is 1. The minimum Gasteiger partial charge on any atom is -0.462 e. The molecule has 0 aromatic heterocycles. The van der Waals surface area contributed by atoms with Crippen LogP contribution in [0.25, 0.3) is 0 Å². The number of carbonyl (C=O) groups excluding carboxylic acids is 1. The zero-order valence-corrected chi connectivity index (χ0v) is 11.9. The molecule has 0 bridgehead atoms. The second-order valence-corrected chi connectivity index (χ2v) is 5.70. The highest BCUT2D eigenvalue weighted by Crippen LogP contribution is 2.25. The van der Waals surface area contributed by atoms with E-state index < -0.39 is 0 Å². The predicted molar refractivity (Wildman–Crippen MR) is 75.4 cm³/mol. The molecule has 18 heavy (non-hydrogen) atoms. The summed E-state index contributed by atoms with van der Waals surface area (Å²) < 4.78 is 6.11. The van der Waals surface area contributed by atoms with Crippen molar-refractivity contribution in [2.24, 2.45) is 5.92 Å². The lowest BCUT2D eigenvalue weighted by Gasteiger charge is -2.21. The normalized spacial score (nSPS) is 16.5. The van der Waals surface area contributed by atoms with E-state index in [1.54, 1.807) is 18.2 Å². The maximum atomic E-state index is 12.0. The van der Waals surface area contributed by atoms with Gasteiger partial charge in [0, 0.05) is 10.2 Å². The first-order chi connectivity index (χ1) is 8.66. The van der Waals surface area contributed by atoms with Crippen LogP contribution in [0.1, 0.15) is 42.5 Å². The summed E-state index contributed by atoms with van der Waals surface area (Å²) in [6.07, 6.45) is 6.16. The van der Waals surface area contributed by atoms with Crippen molar-refractivity contribution >= 4 is 27.6 Å². The smallest absolute Gasteiger partial charge is 0.339 e. The van der Waals surface area contributed by atoms with E-state index in [-0.39, 0.29) is 5.97 Å². The first-order valence-electron chi connectivity index (χ1n) is 6.39. The molecule has 0 spiro atoms. The van der Waals surface area contributed by atoms with Crippen LogP contribution in [0.2, 0.25) is 0 Å². The highest BCUT2D eigenvalue weighted by molar-refractivity contribution is 9.10. The Morgan fingerprint density at radius 3 is 2.78 bits per heavy atom. The number of ether oxygens (including phenoxy) is 1. The van der Waals surface area contributed by atoms with Crippen molar-refractivity contribution in [3.8, 4) is 0 Å². The van der Waals surface area contributed by atoms with E-state index in [4.69, 9.17) is 10.5 Å². The molecule has 0 saturated heterocycles. The number of hydrogen-bond donors (Lipinski definition) is 1. The van der Waals surface area contributed by atoms with E-state index in [2.05, 4.69) is 15.9 Å². The summed E-state index contributed by atoms with van der Waals surface area (Å²) in [6, 6.07) is 5.17. The summed E-state index contributed by atoms with van der Waals surface area (Å²) in [6.45, 7) is 0.528. The topological polar surface area (TPSA) is 52.3 Å². The third-order valence-electron chi connectivity index (χ3n) is 3.39. The van der Waals surface area contributed by atoms with Gasteiger partial charge in [-0.2, -0.15) is 0 Å². The van der Waals surface area contributed by atoms with E-state index in [0.717, 1.165) is 4.47 Å². The summed E-state index contributed by atoms with van der Waals surface area (Å²) >= 11 is 3.34.